The van der Waals surface area contributed by atoms with Crippen molar-refractivity contribution in [1.82, 2.24) is 4.90 Å². The molecular weight excluding hydrogens is 254 g/mol. The smallest absolute Gasteiger partial charge is 0.269 e. The van der Waals surface area contributed by atoms with Crippen molar-refractivity contribution >= 4 is 11.4 Å². The first kappa shape index (κ1) is 14.8. The maximum absolute atomic E-state index is 10.6. The van der Waals surface area contributed by atoms with Gasteiger partial charge in [0.1, 0.15) is 0 Å². The minimum atomic E-state index is -0.350. The van der Waals surface area contributed by atoms with Crippen molar-refractivity contribution in [3.8, 4) is 0 Å². The van der Waals surface area contributed by atoms with Crippen LogP contribution in [0.25, 0.3) is 0 Å². The van der Waals surface area contributed by atoms with Gasteiger partial charge in [-0.1, -0.05) is 0 Å². The van der Waals surface area contributed by atoms with E-state index in [-0.39, 0.29) is 10.6 Å². The number of non-ortho nitro benzene ring substituents is 1. The topological polar surface area (TPSA) is 49.6 Å². The van der Waals surface area contributed by atoms with Crippen LogP contribution < -0.4 is 4.90 Å². The largest absolute Gasteiger partial charge is 0.372 e. The van der Waals surface area contributed by atoms with Crippen LogP contribution in [0.3, 0.4) is 0 Å². The molecule has 5 nitrogen and oxygen atoms in total. The van der Waals surface area contributed by atoms with E-state index < -0.39 is 0 Å². The number of benzene rings is 1. The lowest BCUT2D eigenvalue weighted by molar-refractivity contribution is -0.384. The van der Waals surface area contributed by atoms with Gasteiger partial charge < -0.3 is 9.80 Å². The number of rotatable bonds is 5. The molecule has 0 N–H and O–H groups in total. The highest BCUT2D eigenvalue weighted by Gasteiger charge is 2.19. The van der Waals surface area contributed by atoms with E-state index in [0.29, 0.717) is 0 Å². The molecule has 1 aliphatic rings. The molecule has 0 aliphatic carbocycles. The monoisotopic (exact) mass is 277 g/mol. The van der Waals surface area contributed by atoms with Gasteiger partial charge in [-0.2, -0.15) is 0 Å². The average Bonchev–Trinajstić information content (AvgIpc) is 2.46. The van der Waals surface area contributed by atoms with E-state index >= 15 is 0 Å². The third kappa shape index (κ3) is 3.93. The molecule has 0 unspecified atom stereocenters. The number of hydrogen-bond donors (Lipinski definition) is 0. The molecule has 1 saturated heterocycles. The third-order valence-electron chi connectivity index (χ3n) is 4.02. The summed E-state index contributed by atoms with van der Waals surface area (Å²) in [5, 5.41) is 10.6. The average molecular weight is 277 g/mol. The van der Waals surface area contributed by atoms with Crippen LogP contribution in [0.1, 0.15) is 19.3 Å². The Labute approximate surface area is 120 Å². The molecule has 1 aromatic carbocycles. The third-order valence-corrected chi connectivity index (χ3v) is 4.02. The Morgan fingerprint density at radius 2 is 1.85 bits per heavy atom. The first-order valence-corrected chi connectivity index (χ1v) is 7.20. The predicted molar refractivity (Wildman–Crippen MR) is 81.2 cm³/mol. The molecule has 2 rings (SSSR count). The molecular formula is C15H23N3O2. The van der Waals surface area contributed by atoms with Crippen molar-refractivity contribution in [1.29, 1.82) is 0 Å². The molecule has 1 heterocycles. The summed E-state index contributed by atoms with van der Waals surface area (Å²) in [6, 6.07) is 6.90. The molecule has 0 radical (unpaired) electrons. The van der Waals surface area contributed by atoms with E-state index in [0.717, 1.165) is 31.2 Å². The first-order valence-electron chi connectivity index (χ1n) is 7.20. The fourth-order valence-corrected chi connectivity index (χ4v) is 2.71. The van der Waals surface area contributed by atoms with Crippen molar-refractivity contribution in [2.75, 3.05) is 38.6 Å². The van der Waals surface area contributed by atoms with Crippen molar-refractivity contribution in [3.63, 3.8) is 0 Å². The van der Waals surface area contributed by atoms with E-state index in [1.807, 2.05) is 12.1 Å². The second kappa shape index (κ2) is 6.70. The van der Waals surface area contributed by atoms with Crippen LogP contribution >= 0.6 is 0 Å². The lowest BCUT2D eigenvalue weighted by atomic mass is 9.93. The van der Waals surface area contributed by atoms with Gasteiger partial charge in [0.15, 0.2) is 0 Å². The Morgan fingerprint density at radius 3 is 2.35 bits per heavy atom. The number of nitro benzene ring substituents is 1. The molecule has 0 aromatic heterocycles. The standard InChI is InChI=1S/C15H23N3O2/c1-16(2)10-7-13-8-11-17(12-9-13)14-3-5-15(6-4-14)18(19)20/h3-6,13H,7-12H2,1-2H3. The molecule has 1 aromatic rings. The Morgan fingerprint density at radius 1 is 1.25 bits per heavy atom. The number of hydrogen-bond acceptors (Lipinski definition) is 4. The Balaban J connectivity index is 1.85. The van der Waals surface area contributed by atoms with Crippen LogP contribution in [0.5, 0.6) is 0 Å². The normalized spacial score (nSPS) is 16.6. The van der Waals surface area contributed by atoms with Crippen molar-refractivity contribution in [2.45, 2.75) is 19.3 Å². The van der Waals surface area contributed by atoms with Gasteiger partial charge in [-0.15, -0.1) is 0 Å². The zero-order valence-electron chi connectivity index (χ0n) is 12.3. The highest BCUT2D eigenvalue weighted by atomic mass is 16.6. The lowest BCUT2D eigenvalue weighted by Gasteiger charge is -2.34. The summed E-state index contributed by atoms with van der Waals surface area (Å²) >= 11 is 0. The molecule has 0 amide bonds. The summed E-state index contributed by atoms with van der Waals surface area (Å²) < 4.78 is 0. The highest BCUT2D eigenvalue weighted by Crippen LogP contribution is 2.26. The fourth-order valence-electron chi connectivity index (χ4n) is 2.71. The minimum absolute atomic E-state index is 0.162. The number of anilines is 1. The van der Waals surface area contributed by atoms with Crippen LogP contribution in [0.4, 0.5) is 11.4 Å². The van der Waals surface area contributed by atoms with Gasteiger partial charge in [-0.25, -0.2) is 0 Å². The Bertz CT molecular complexity index is 437. The van der Waals surface area contributed by atoms with Crippen LogP contribution in [-0.2, 0) is 0 Å². The van der Waals surface area contributed by atoms with E-state index in [4.69, 9.17) is 0 Å². The number of nitro groups is 1. The molecule has 20 heavy (non-hydrogen) atoms. The second-order valence-electron chi connectivity index (χ2n) is 5.80. The number of piperidine rings is 1. The van der Waals surface area contributed by atoms with Gasteiger partial charge >= 0.3 is 0 Å². The summed E-state index contributed by atoms with van der Waals surface area (Å²) in [4.78, 5) is 14.9. The summed E-state index contributed by atoms with van der Waals surface area (Å²) in [7, 11) is 4.23. The molecule has 0 saturated carbocycles. The second-order valence-corrected chi connectivity index (χ2v) is 5.80. The fraction of sp³-hybridized carbons (Fsp3) is 0.600. The van der Waals surface area contributed by atoms with Gasteiger partial charge in [-0.3, -0.25) is 10.1 Å². The zero-order valence-corrected chi connectivity index (χ0v) is 12.3. The van der Waals surface area contributed by atoms with Crippen LogP contribution in [0, 0.1) is 16.0 Å². The maximum atomic E-state index is 10.6. The van der Waals surface area contributed by atoms with Crippen LogP contribution in [-0.4, -0.2) is 43.6 Å². The van der Waals surface area contributed by atoms with Crippen molar-refractivity contribution < 1.29 is 4.92 Å². The van der Waals surface area contributed by atoms with Crippen LogP contribution in [0.2, 0.25) is 0 Å². The molecule has 1 fully saturated rings. The van der Waals surface area contributed by atoms with Gasteiger partial charge in [0.25, 0.3) is 5.69 Å². The predicted octanol–water partition coefficient (Wildman–Crippen LogP) is 2.76. The summed E-state index contributed by atoms with van der Waals surface area (Å²) in [5.74, 6) is 0.812. The van der Waals surface area contributed by atoms with Crippen LogP contribution in [0.15, 0.2) is 24.3 Å². The summed E-state index contributed by atoms with van der Waals surface area (Å²) in [5.41, 5.74) is 1.26. The Hall–Kier alpha value is -1.62. The van der Waals surface area contributed by atoms with Crippen molar-refractivity contribution in [2.24, 2.45) is 5.92 Å². The lowest BCUT2D eigenvalue weighted by Crippen LogP contribution is -2.34. The van der Waals surface area contributed by atoms with Gasteiger partial charge in [-0.05, 0) is 58.0 Å². The van der Waals surface area contributed by atoms with Crippen molar-refractivity contribution in [3.05, 3.63) is 34.4 Å². The Kier molecular flexibility index (Phi) is 4.95. The van der Waals surface area contributed by atoms with E-state index in [2.05, 4.69) is 23.9 Å². The molecule has 5 heteroatoms. The van der Waals surface area contributed by atoms with E-state index in [1.54, 1.807) is 12.1 Å². The molecule has 0 spiro atoms. The molecule has 1 aliphatic heterocycles. The van der Waals surface area contributed by atoms with Gasteiger partial charge in [0.05, 0.1) is 4.92 Å². The SMILES string of the molecule is CN(C)CCC1CCN(c2ccc([N+](=O)[O-])cc2)CC1. The summed E-state index contributed by atoms with van der Waals surface area (Å²) in [6.45, 7) is 3.26. The van der Waals surface area contributed by atoms with Gasteiger partial charge in [0.2, 0.25) is 0 Å². The minimum Gasteiger partial charge on any atom is -0.372 e. The first-order chi connectivity index (χ1) is 9.56. The molecule has 110 valence electrons. The van der Waals surface area contributed by atoms with Gasteiger partial charge in [0, 0.05) is 30.9 Å². The summed E-state index contributed by atoms with van der Waals surface area (Å²) in [6.07, 6.45) is 3.69. The van der Waals surface area contributed by atoms with E-state index in [9.17, 15) is 10.1 Å². The quantitative estimate of drug-likeness (QED) is 0.613. The number of nitrogens with zero attached hydrogens (tertiary/aromatic N) is 3. The zero-order chi connectivity index (χ0) is 14.5. The van der Waals surface area contributed by atoms with E-state index in [1.165, 1.54) is 19.3 Å². The molecule has 0 bridgehead atoms. The maximum Gasteiger partial charge on any atom is 0.269 e. The highest BCUT2D eigenvalue weighted by molar-refractivity contribution is 5.51. The molecule has 0 atom stereocenters.